The molecule has 21 heavy (non-hydrogen) atoms. The van der Waals surface area contributed by atoms with E-state index in [0.717, 1.165) is 31.3 Å². The van der Waals surface area contributed by atoms with Crippen molar-refractivity contribution in [2.24, 2.45) is 0 Å². The first-order valence-electron chi connectivity index (χ1n) is 6.72. The summed E-state index contributed by atoms with van der Waals surface area (Å²) in [6.07, 6.45) is 3.38. The highest BCUT2D eigenvalue weighted by molar-refractivity contribution is 5.88. The summed E-state index contributed by atoms with van der Waals surface area (Å²) in [4.78, 5) is 21.6. The monoisotopic (exact) mass is 291 g/mol. The van der Waals surface area contributed by atoms with Gasteiger partial charge in [0.1, 0.15) is 5.60 Å². The van der Waals surface area contributed by atoms with Crippen LogP contribution in [0.5, 0.6) is 5.75 Å². The zero-order valence-corrected chi connectivity index (χ0v) is 11.8. The van der Waals surface area contributed by atoms with Gasteiger partial charge in [-0.2, -0.15) is 0 Å². The van der Waals surface area contributed by atoms with Crippen LogP contribution in [0.1, 0.15) is 43.0 Å². The molecule has 1 N–H and O–H groups in total. The van der Waals surface area contributed by atoms with Crippen molar-refractivity contribution in [2.45, 2.75) is 38.2 Å². The zero-order valence-electron chi connectivity index (χ0n) is 11.8. The Kier molecular flexibility index (Phi) is 3.97. The average Bonchev–Trinajstić information content (AvgIpc) is 2.88. The number of rotatable bonds is 5. The Bertz CT molecular complexity index is 602. The van der Waals surface area contributed by atoms with E-state index in [0.29, 0.717) is 0 Å². The van der Waals surface area contributed by atoms with Gasteiger partial charge in [0.05, 0.1) is 10.5 Å². The highest BCUT2D eigenvalue weighted by Crippen LogP contribution is 2.41. The molecule has 6 heteroatoms. The third-order valence-corrected chi connectivity index (χ3v) is 3.90. The van der Waals surface area contributed by atoms with Crippen LogP contribution in [0, 0.1) is 10.1 Å². The Labute approximate surface area is 122 Å². The number of hydrogen-bond acceptors (Lipinski definition) is 4. The average molecular weight is 291 g/mol. The van der Waals surface area contributed by atoms with Crippen LogP contribution >= 0.6 is 0 Å². The van der Waals surface area contributed by atoms with Gasteiger partial charge in [-0.1, -0.05) is 6.58 Å². The first kappa shape index (κ1) is 15.0. The maximum Gasteiger partial charge on any atom is 0.335 e. The molecule has 0 saturated heterocycles. The summed E-state index contributed by atoms with van der Waals surface area (Å²) < 4.78 is 5.90. The number of benzene rings is 1. The number of nitrogens with zero attached hydrogens (tertiary/aromatic N) is 1. The Morgan fingerprint density at radius 3 is 2.52 bits per heavy atom. The minimum atomic E-state index is -1.15. The highest BCUT2D eigenvalue weighted by Gasteiger charge is 2.38. The fraction of sp³-hybridized carbons (Fsp3) is 0.400. The number of nitro benzene ring substituents is 1. The zero-order chi connectivity index (χ0) is 15.6. The van der Waals surface area contributed by atoms with E-state index in [1.165, 1.54) is 18.2 Å². The molecule has 1 aromatic rings. The molecule has 0 aromatic heterocycles. The van der Waals surface area contributed by atoms with Crippen LogP contribution in [0.4, 0.5) is 5.69 Å². The number of carboxylic acids is 1. The fourth-order valence-electron chi connectivity index (χ4n) is 2.65. The molecule has 6 nitrogen and oxygen atoms in total. The number of carboxylic acid groups (broad SMARTS) is 1. The second-order valence-corrected chi connectivity index (χ2v) is 5.33. The highest BCUT2D eigenvalue weighted by atomic mass is 16.6. The summed E-state index contributed by atoms with van der Waals surface area (Å²) in [6.45, 7) is 5.76. The number of ether oxygens (including phenoxy) is 1. The van der Waals surface area contributed by atoms with Crippen molar-refractivity contribution in [3.8, 4) is 5.75 Å². The summed E-state index contributed by atoms with van der Waals surface area (Å²) in [5, 5.41) is 20.1. The quantitative estimate of drug-likeness (QED) is 0.509. The molecule has 0 unspecified atom stereocenters. The van der Waals surface area contributed by atoms with Crippen molar-refractivity contribution < 1.29 is 19.6 Å². The molecule has 1 aromatic carbocycles. The lowest BCUT2D eigenvalue weighted by molar-refractivity contribution is -0.386. The SMILES string of the molecule is C=C(C)C1(Oc2cc(C(=O)O)ccc2[N+](=O)[O-])CCCC1. The van der Waals surface area contributed by atoms with Crippen LogP contribution in [0.25, 0.3) is 0 Å². The van der Waals surface area contributed by atoms with Gasteiger partial charge < -0.3 is 9.84 Å². The molecular weight excluding hydrogens is 274 g/mol. The molecule has 0 heterocycles. The van der Waals surface area contributed by atoms with E-state index in [1.807, 2.05) is 6.92 Å². The van der Waals surface area contributed by atoms with Crippen molar-refractivity contribution in [1.82, 2.24) is 0 Å². The Balaban J connectivity index is 2.45. The smallest absolute Gasteiger partial charge is 0.335 e. The third kappa shape index (κ3) is 2.89. The van der Waals surface area contributed by atoms with Gasteiger partial charge in [0.2, 0.25) is 0 Å². The molecule has 1 aliphatic carbocycles. The molecule has 0 atom stereocenters. The second kappa shape index (κ2) is 5.55. The lowest BCUT2D eigenvalue weighted by Gasteiger charge is -2.30. The molecular formula is C15H17NO5. The van der Waals surface area contributed by atoms with Crippen molar-refractivity contribution in [3.63, 3.8) is 0 Å². The van der Waals surface area contributed by atoms with Gasteiger partial charge in [-0.3, -0.25) is 10.1 Å². The first-order chi connectivity index (χ1) is 9.85. The lowest BCUT2D eigenvalue weighted by atomic mass is 9.94. The molecule has 1 saturated carbocycles. The van der Waals surface area contributed by atoms with Gasteiger partial charge in [-0.05, 0) is 44.2 Å². The molecule has 0 amide bonds. The minimum absolute atomic E-state index is 0.00944. The number of nitro groups is 1. The van der Waals surface area contributed by atoms with E-state index < -0.39 is 16.5 Å². The maximum atomic E-state index is 11.1. The predicted molar refractivity (Wildman–Crippen MR) is 76.7 cm³/mol. The predicted octanol–water partition coefficient (Wildman–Crippen LogP) is 3.56. The molecule has 0 bridgehead atoms. The van der Waals surface area contributed by atoms with Crippen molar-refractivity contribution in [3.05, 3.63) is 46.0 Å². The molecule has 0 spiro atoms. The lowest BCUT2D eigenvalue weighted by Crippen LogP contribution is -2.33. The van der Waals surface area contributed by atoms with Crippen molar-refractivity contribution >= 4 is 11.7 Å². The van der Waals surface area contributed by atoms with Crippen LogP contribution in [-0.4, -0.2) is 21.6 Å². The fourth-order valence-corrected chi connectivity index (χ4v) is 2.65. The topological polar surface area (TPSA) is 89.7 Å². The van der Waals surface area contributed by atoms with Gasteiger partial charge in [-0.25, -0.2) is 4.79 Å². The van der Waals surface area contributed by atoms with Crippen molar-refractivity contribution in [2.75, 3.05) is 0 Å². The Morgan fingerprint density at radius 1 is 1.43 bits per heavy atom. The number of aromatic carboxylic acids is 1. The molecule has 1 aliphatic rings. The summed E-state index contributed by atoms with van der Waals surface area (Å²) >= 11 is 0. The van der Waals surface area contributed by atoms with Gasteiger partial charge in [0.15, 0.2) is 5.75 Å². The van der Waals surface area contributed by atoms with E-state index in [-0.39, 0.29) is 17.0 Å². The van der Waals surface area contributed by atoms with Gasteiger partial charge >= 0.3 is 11.7 Å². The standard InChI is InChI=1S/C15H17NO5/c1-10(2)15(7-3-4-8-15)21-13-9-11(14(17)18)5-6-12(13)16(19)20/h5-6,9H,1,3-4,7-8H2,2H3,(H,17,18). The molecule has 2 rings (SSSR count). The van der Waals surface area contributed by atoms with Gasteiger partial charge in [-0.15, -0.1) is 0 Å². The summed E-state index contributed by atoms with van der Waals surface area (Å²) in [5.41, 5.74) is -0.102. The van der Waals surface area contributed by atoms with Crippen LogP contribution in [-0.2, 0) is 0 Å². The van der Waals surface area contributed by atoms with Crippen LogP contribution in [0.2, 0.25) is 0 Å². The Hall–Kier alpha value is -2.37. The van der Waals surface area contributed by atoms with Crippen LogP contribution in [0.15, 0.2) is 30.4 Å². The van der Waals surface area contributed by atoms with E-state index in [1.54, 1.807) is 0 Å². The van der Waals surface area contributed by atoms with Crippen molar-refractivity contribution in [1.29, 1.82) is 0 Å². The van der Waals surface area contributed by atoms with Crippen LogP contribution in [0.3, 0.4) is 0 Å². The van der Waals surface area contributed by atoms with E-state index in [4.69, 9.17) is 9.84 Å². The summed E-state index contributed by atoms with van der Waals surface area (Å²) in [5.74, 6) is -1.16. The van der Waals surface area contributed by atoms with Crippen LogP contribution < -0.4 is 4.74 Å². The third-order valence-electron chi connectivity index (χ3n) is 3.90. The number of carbonyl (C=O) groups is 1. The Morgan fingerprint density at radius 2 is 2.05 bits per heavy atom. The maximum absolute atomic E-state index is 11.1. The second-order valence-electron chi connectivity index (χ2n) is 5.33. The summed E-state index contributed by atoms with van der Waals surface area (Å²) in [6, 6.07) is 3.58. The van der Waals surface area contributed by atoms with E-state index in [9.17, 15) is 14.9 Å². The molecule has 0 aliphatic heterocycles. The van der Waals surface area contributed by atoms with Gasteiger partial charge in [0, 0.05) is 12.1 Å². The molecule has 112 valence electrons. The van der Waals surface area contributed by atoms with E-state index in [2.05, 4.69) is 6.58 Å². The summed E-state index contributed by atoms with van der Waals surface area (Å²) in [7, 11) is 0. The minimum Gasteiger partial charge on any atom is -0.478 e. The number of hydrogen-bond donors (Lipinski definition) is 1. The van der Waals surface area contributed by atoms with E-state index >= 15 is 0 Å². The first-order valence-corrected chi connectivity index (χ1v) is 6.72. The molecule has 0 radical (unpaired) electrons. The molecule has 1 fully saturated rings. The largest absolute Gasteiger partial charge is 0.478 e. The van der Waals surface area contributed by atoms with Gasteiger partial charge in [0.25, 0.3) is 0 Å². The normalized spacial score (nSPS) is 16.4.